The summed E-state index contributed by atoms with van der Waals surface area (Å²) in [6.45, 7) is 7.65. The molecule has 2 N–H and O–H groups in total. The van der Waals surface area contributed by atoms with Crippen molar-refractivity contribution in [1.82, 2.24) is 10.2 Å². The Labute approximate surface area is 179 Å². The zero-order valence-electron chi connectivity index (χ0n) is 17.9. The summed E-state index contributed by atoms with van der Waals surface area (Å²) in [5.41, 5.74) is 3.94. The molecule has 1 amide bonds. The van der Waals surface area contributed by atoms with Crippen LogP contribution in [-0.4, -0.2) is 38.6 Å². The molecule has 0 aliphatic carbocycles. The van der Waals surface area contributed by atoms with E-state index in [9.17, 15) is 13.2 Å². The Kier molecular flexibility index (Phi) is 7.15. The number of nitrogens with one attached hydrogen (secondary N) is 2. The lowest BCUT2D eigenvalue weighted by molar-refractivity contribution is 0.0950. The minimum atomic E-state index is -3.41. The molecule has 1 aliphatic rings. The van der Waals surface area contributed by atoms with Crippen molar-refractivity contribution in [3.63, 3.8) is 0 Å². The van der Waals surface area contributed by atoms with E-state index < -0.39 is 10.0 Å². The number of carbonyl (C=O) groups excluding carboxylic acids is 1. The van der Waals surface area contributed by atoms with Gasteiger partial charge in [0.05, 0.1) is 11.9 Å². The summed E-state index contributed by atoms with van der Waals surface area (Å²) in [4.78, 5) is 15.2. The van der Waals surface area contributed by atoms with Crippen LogP contribution in [0.2, 0.25) is 0 Å². The van der Waals surface area contributed by atoms with Crippen LogP contribution >= 0.6 is 0 Å². The summed E-state index contributed by atoms with van der Waals surface area (Å²) in [6, 6.07) is 13.2. The van der Waals surface area contributed by atoms with Gasteiger partial charge >= 0.3 is 0 Å². The quantitative estimate of drug-likeness (QED) is 0.706. The lowest BCUT2D eigenvalue weighted by atomic mass is 9.99. The van der Waals surface area contributed by atoms with Gasteiger partial charge in [0.1, 0.15) is 0 Å². The fourth-order valence-electron chi connectivity index (χ4n) is 3.91. The smallest absolute Gasteiger partial charge is 0.251 e. The van der Waals surface area contributed by atoms with Gasteiger partial charge in [0.25, 0.3) is 5.91 Å². The average molecular weight is 430 g/mol. The third-order valence-electron chi connectivity index (χ3n) is 5.49. The van der Waals surface area contributed by atoms with Crippen LogP contribution in [0, 0.1) is 12.8 Å². The number of sulfonamides is 1. The predicted octanol–water partition coefficient (Wildman–Crippen LogP) is 3.53. The van der Waals surface area contributed by atoms with Gasteiger partial charge < -0.3 is 5.32 Å². The first kappa shape index (κ1) is 22.3. The van der Waals surface area contributed by atoms with Gasteiger partial charge in [0.2, 0.25) is 10.0 Å². The normalized spacial score (nSPS) is 17.5. The highest BCUT2D eigenvalue weighted by molar-refractivity contribution is 7.92. The molecule has 30 heavy (non-hydrogen) atoms. The molecule has 0 radical (unpaired) electrons. The van der Waals surface area contributed by atoms with Crippen LogP contribution in [0.5, 0.6) is 0 Å². The SMILES string of the molecule is Cc1ccc(C(=O)NCc2ccccc2CN2CCC[C@H](C)C2)cc1NS(C)(=O)=O. The summed E-state index contributed by atoms with van der Waals surface area (Å²) in [6.07, 6.45) is 3.62. The van der Waals surface area contributed by atoms with Crippen LogP contribution < -0.4 is 10.0 Å². The van der Waals surface area contributed by atoms with E-state index in [-0.39, 0.29) is 5.91 Å². The molecular formula is C23H31N3O3S. The zero-order chi connectivity index (χ0) is 21.7. The second kappa shape index (κ2) is 9.62. The van der Waals surface area contributed by atoms with Crippen LogP contribution in [-0.2, 0) is 23.1 Å². The molecule has 1 aliphatic heterocycles. The third-order valence-corrected chi connectivity index (χ3v) is 6.08. The first-order valence-corrected chi connectivity index (χ1v) is 12.3. The van der Waals surface area contributed by atoms with Crippen molar-refractivity contribution >= 4 is 21.6 Å². The number of nitrogens with zero attached hydrogens (tertiary/aromatic N) is 1. The lowest BCUT2D eigenvalue weighted by Crippen LogP contribution is -2.34. The molecule has 0 bridgehead atoms. The molecule has 1 atom stereocenters. The highest BCUT2D eigenvalue weighted by Gasteiger charge is 2.17. The largest absolute Gasteiger partial charge is 0.348 e. The maximum absolute atomic E-state index is 12.7. The predicted molar refractivity (Wildman–Crippen MR) is 121 cm³/mol. The first-order valence-electron chi connectivity index (χ1n) is 10.4. The number of anilines is 1. The Morgan fingerprint density at radius 1 is 1.17 bits per heavy atom. The van der Waals surface area contributed by atoms with E-state index >= 15 is 0 Å². The number of piperidine rings is 1. The fourth-order valence-corrected chi connectivity index (χ4v) is 4.53. The van der Waals surface area contributed by atoms with Gasteiger partial charge in [0.15, 0.2) is 0 Å². The molecule has 2 aromatic carbocycles. The standard InChI is InChI=1S/C23H31N3O3S/c1-17-7-6-12-26(15-17)16-21-9-5-4-8-20(21)14-24-23(27)19-11-10-18(2)22(13-19)25-30(3,28)29/h4-5,8-11,13,17,25H,6-7,12,14-16H2,1-3H3,(H,24,27)/t17-/m0/s1. The maximum atomic E-state index is 12.7. The Balaban J connectivity index is 1.67. The van der Waals surface area contributed by atoms with Crippen molar-refractivity contribution in [3.8, 4) is 0 Å². The molecule has 2 aromatic rings. The number of amides is 1. The highest BCUT2D eigenvalue weighted by Crippen LogP contribution is 2.20. The minimum Gasteiger partial charge on any atom is -0.348 e. The van der Waals surface area contributed by atoms with Crippen LogP contribution in [0.25, 0.3) is 0 Å². The maximum Gasteiger partial charge on any atom is 0.251 e. The van der Waals surface area contributed by atoms with Crippen LogP contribution in [0.15, 0.2) is 42.5 Å². The Hall–Kier alpha value is -2.38. The first-order chi connectivity index (χ1) is 14.2. The third kappa shape index (κ3) is 6.31. The Morgan fingerprint density at radius 2 is 1.90 bits per heavy atom. The van der Waals surface area contributed by atoms with E-state index in [4.69, 9.17) is 0 Å². The van der Waals surface area contributed by atoms with E-state index in [0.29, 0.717) is 17.8 Å². The fraction of sp³-hybridized carbons (Fsp3) is 0.435. The van der Waals surface area contributed by atoms with Crippen molar-refractivity contribution in [2.24, 2.45) is 5.92 Å². The highest BCUT2D eigenvalue weighted by atomic mass is 32.2. The van der Waals surface area contributed by atoms with Gasteiger partial charge in [-0.25, -0.2) is 8.42 Å². The van der Waals surface area contributed by atoms with E-state index in [1.165, 1.54) is 18.4 Å². The molecule has 3 rings (SSSR count). The van der Waals surface area contributed by atoms with Crippen molar-refractivity contribution < 1.29 is 13.2 Å². The molecule has 1 fully saturated rings. The minimum absolute atomic E-state index is 0.229. The van der Waals surface area contributed by atoms with Crippen molar-refractivity contribution in [3.05, 3.63) is 64.7 Å². The summed E-state index contributed by atoms with van der Waals surface area (Å²) in [5.74, 6) is 0.495. The lowest BCUT2D eigenvalue weighted by Gasteiger charge is -2.31. The molecule has 1 heterocycles. The van der Waals surface area contributed by atoms with Crippen molar-refractivity contribution in [2.75, 3.05) is 24.1 Å². The number of rotatable bonds is 7. The Morgan fingerprint density at radius 3 is 2.60 bits per heavy atom. The van der Waals surface area contributed by atoms with Gasteiger partial charge in [-0.15, -0.1) is 0 Å². The van der Waals surface area contributed by atoms with Gasteiger partial charge in [-0.3, -0.25) is 14.4 Å². The summed E-state index contributed by atoms with van der Waals surface area (Å²) in [5, 5.41) is 2.98. The summed E-state index contributed by atoms with van der Waals surface area (Å²) in [7, 11) is -3.41. The van der Waals surface area contributed by atoms with Crippen molar-refractivity contribution in [2.45, 2.75) is 39.8 Å². The molecule has 0 aromatic heterocycles. The van der Waals surface area contributed by atoms with Gasteiger partial charge in [-0.05, 0) is 61.1 Å². The monoisotopic (exact) mass is 429 g/mol. The summed E-state index contributed by atoms with van der Waals surface area (Å²) < 4.78 is 25.6. The zero-order valence-corrected chi connectivity index (χ0v) is 18.8. The topological polar surface area (TPSA) is 78.5 Å². The second-order valence-electron chi connectivity index (χ2n) is 8.34. The molecule has 7 heteroatoms. The average Bonchev–Trinajstić information content (AvgIpc) is 2.68. The molecule has 6 nitrogen and oxygen atoms in total. The second-order valence-corrected chi connectivity index (χ2v) is 10.1. The van der Waals surface area contributed by atoms with E-state index in [2.05, 4.69) is 34.0 Å². The number of hydrogen-bond acceptors (Lipinski definition) is 4. The number of carbonyl (C=O) groups is 1. The van der Waals surface area contributed by atoms with Crippen LogP contribution in [0.4, 0.5) is 5.69 Å². The number of benzene rings is 2. The molecule has 0 unspecified atom stereocenters. The molecular weight excluding hydrogens is 398 g/mol. The molecule has 0 spiro atoms. The molecule has 162 valence electrons. The van der Waals surface area contributed by atoms with E-state index in [1.54, 1.807) is 25.1 Å². The number of aryl methyl sites for hydroxylation is 1. The number of likely N-dealkylation sites (tertiary alicyclic amines) is 1. The Bertz CT molecular complexity index is 1000. The van der Waals surface area contributed by atoms with Crippen LogP contribution in [0.3, 0.4) is 0 Å². The van der Waals surface area contributed by atoms with Gasteiger partial charge in [-0.1, -0.05) is 37.3 Å². The van der Waals surface area contributed by atoms with E-state index in [0.717, 1.165) is 42.9 Å². The molecule has 1 saturated heterocycles. The van der Waals surface area contributed by atoms with Crippen molar-refractivity contribution in [1.29, 1.82) is 0 Å². The van der Waals surface area contributed by atoms with Crippen LogP contribution in [0.1, 0.15) is 46.8 Å². The van der Waals surface area contributed by atoms with E-state index in [1.807, 2.05) is 12.1 Å². The van der Waals surface area contributed by atoms with Gasteiger partial charge in [-0.2, -0.15) is 0 Å². The summed E-state index contributed by atoms with van der Waals surface area (Å²) >= 11 is 0. The number of hydrogen-bond donors (Lipinski definition) is 2. The molecule has 0 saturated carbocycles. The van der Waals surface area contributed by atoms with Gasteiger partial charge in [0, 0.05) is 25.2 Å².